The molecular formula is C13H16ClN3O2S. The van der Waals surface area contributed by atoms with Crippen LogP contribution < -0.4 is 5.32 Å². The Morgan fingerprint density at radius 3 is 2.95 bits per heavy atom. The van der Waals surface area contributed by atoms with E-state index in [9.17, 15) is 8.42 Å². The molecule has 7 heteroatoms. The number of halogens is 1. The lowest BCUT2D eigenvalue weighted by atomic mass is 10.2. The Morgan fingerprint density at radius 1 is 1.55 bits per heavy atom. The number of nitriles is 1. The van der Waals surface area contributed by atoms with Gasteiger partial charge in [0.1, 0.15) is 11.0 Å². The van der Waals surface area contributed by atoms with Gasteiger partial charge in [0, 0.05) is 19.1 Å². The normalized spacial score (nSPS) is 19.9. The quantitative estimate of drug-likeness (QED) is 0.916. The first-order valence-electron chi connectivity index (χ1n) is 6.37. The molecule has 1 saturated heterocycles. The van der Waals surface area contributed by atoms with Gasteiger partial charge >= 0.3 is 0 Å². The Kier molecular flexibility index (Phi) is 4.66. The van der Waals surface area contributed by atoms with Crippen LogP contribution in [0.3, 0.4) is 0 Å². The van der Waals surface area contributed by atoms with E-state index in [1.165, 1.54) is 16.4 Å². The Morgan fingerprint density at radius 2 is 2.30 bits per heavy atom. The van der Waals surface area contributed by atoms with Gasteiger partial charge in [-0.2, -0.15) is 9.57 Å². The fourth-order valence-electron chi connectivity index (χ4n) is 2.52. The average molecular weight is 314 g/mol. The molecule has 0 radical (unpaired) electrons. The molecule has 1 aromatic carbocycles. The molecule has 0 amide bonds. The van der Waals surface area contributed by atoms with Crippen molar-refractivity contribution in [3.05, 3.63) is 28.8 Å². The molecule has 1 aromatic rings. The lowest BCUT2D eigenvalue weighted by Crippen LogP contribution is -2.41. The smallest absolute Gasteiger partial charge is 0.244 e. The van der Waals surface area contributed by atoms with Crippen LogP contribution in [0.4, 0.5) is 0 Å². The minimum Gasteiger partial charge on any atom is -0.318 e. The topological polar surface area (TPSA) is 73.2 Å². The lowest BCUT2D eigenvalue weighted by molar-refractivity contribution is 0.379. The summed E-state index contributed by atoms with van der Waals surface area (Å²) in [7, 11) is -1.89. The third-order valence-corrected chi connectivity index (χ3v) is 5.75. The predicted octanol–water partition coefficient (Wildman–Crippen LogP) is 1.58. The van der Waals surface area contributed by atoms with Crippen LogP contribution in [0, 0.1) is 11.3 Å². The maximum atomic E-state index is 12.7. The van der Waals surface area contributed by atoms with Crippen molar-refractivity contribution in [3.8, 4) is 6.07 Å². The van der Waals surface area contributed by atoms with Crippen molar-refractivity contribution in [3.63, 3.8) is 0 Å². The van der Waals surface area contributed by atoms with Crippen molar-refractivity contribution >= 4 is 21.6 Å². The highest BCUT2D eigenvalue weighted by molar-refractivity contribution is 7.89. The molecule has 1 aliphatic rings. The second-order valence-electron chi connectivity index (χ2n) is 4.69. The van der Waals surface area contributed by atoms with Crippen LogP contribution in [0.25, 0.3) is 0 Å². The Bertz CT molecular complexity index is 640. The van der Waals surface area contributed by atoms with Crippen molar-refractivity contribution in [1.29, 1.82) is 5.26 Å². The summed E-state index contributed by atoms with van der Waals surface area (Å²) < 4.78 is 26.9. The maximum Gasteiger partial charge on any atom is 0.244 e. The third-order valence-electron chi connectivity index (χ3n) is 3.44. The molecule has 1 fully saturated rings. The molecule has 1 heterocycles. The zero-order valence-corrected chi connectivity index (χ0v) is 12.7. The van der Waals surface area contributed by atoms with Gasteiger partial charge in [-0.1, -0.05) is 17.7 Å². The molecule has 0 bridgehead atoms. The highest BCUT2D eigenvalue weighted by Crippen LogP contribution is 2.30. The standard InChI is InChI=1S/C13H16ClN3O2S/c1-16-9-10-4-3-7-17(10)20(18,19)13-6-2-5-12(14)11(13)8-15/h2,5-6,10,16H,3-4,7,9H2,1H3. The molecule has 0 saturated carbocycles. The fraction of sp³-hybridized carbons (Fsp3) is 0.462. The molecule has 1 aliphatic heterocycles. The van der Waals surface area contributed by atoms with Crippen LogP contribution >= 0.6 is 11.6 Å². The van der Waals surface area contributed by atoms with E-state index < -0.39 is 10.0 Å². The molecular weight excluding hydrogens is 298 g/mol. The molecule has 1 unspecified atom stereocenters. The predicted molar refractivity (Wildman–Crippen MR) is 77.0 cm³/mol. The lowest BCUT2D eigenvalue weighted by Gasteiger charge is -2.24. The fourth-order valence-corrected chi connectivity index (χ4v) is 4.65. The van der Waals surface area contributed by atoms with Gasteiger partial charge in [0.2, 0.25) is 10.0 Å². The summed E-state index contributed by atoms with van der Waals surface area (Å²) in [4.78, 5) is -0.00416. The van der Waals surface area contributed by atoms with E-state index in [-0.39, 0.29) is 21.5 Å². The maximum absolute atomic E-state index is 12.7. The first kappa shape index (κ1) is 15.3. The molecule has 1 atom stereocenters. The Hall–Kier alpha value is -1.13. The zero-order chi connectivity index (χ0) is 14.8. The van der Waals surface area contributed by atoms with E-state index in [2.05, 4.69) is 5.32 Å². The van der Waals surface area contributed by atoms with Crippen molar-refractivity contribution in [1.82, 2.24) is 9.62 Å². The number of likely N-dealkylation sites (N-methyl/N-ethyl adjacent to an activating group) is 1. The first-order chi connectivity index (χ1) is 9.52. The summed E-state index contributed by atoms with van der Waals surface area (Å²) >= 11 is 5.92. The van der Waals surface area contributed by atoms with E-state index in [0.717, 1.165) is 12.8 Å². The number of nitrogens with one attached hydrogen (secondary N) is 1. The summed E-state index contributed by atoms with van der Waals surface area (Å²) in [6.07, 6.45) is 1.65. The van der Waals surface area contributed by atoms with Crippen LogP contribution in [-0.4, -0.2) is 38.9 Å². The van der Waals surface area contributed by atoms with Gasteiger partial charge in [0.05, 0.1) is 10.6 Å². The van der Waals surface area contributed by atoms with Crippen LogP contribution in [0.5, 0.6) is 0 Å². The third kappa shape index (κ3) is 2.67. The van der Waals surface area contributed by atoms with Gasteiger partial charge < -0.3 is 5.32 Å². The molecule has 20 heavy (non-hydrogen) atoms. The number of hydrogen-bond donors (Lipinski definition) is 1. The van der Waals surface area contributed by atoms with E-state index in [0.29, 0.717) is 13.1 Å². The molecule has 0 aliphatic carbocycles. The first-order valence-corrected chi connectivity index (χ1v) is 8.19. The van der Waals surface area contributed by atoms with Gasteiger partial charge in [-0.15, -0.1) is 0 Å². The number of rotatable bonds is 4. The number of nitrogens with zero attached hydrogens (tertiary/aromatic N) is 2. The van der Waals surface area contributed by atoms with Gasteiger partial charge in [0.15, 0.2) is 0 Å². The second-order valence-corrected chi connectivity index (χ2v) is 6.96. The van der Waals surface area contributed by atoms with E-state index in [1.54, 1.807) is 13.1 Å². The number of hydrogen-bond acceptors (Lipinski definition) is 4. The Balaban J connectivity index is 2.46. The van der Waals surface area contributed by atoms with Crippen LogP contribution in [-0.2, 0) is 10.0 Å². The van der Waals surface area contributed by atoms with Gasteiger partial charge in [-0.25, -0.2) is 8.42 Å². The van der Waals surface area contributed by atoms with E-state index in [4.69, 9.17) is 16.9 Å². The van der Waals surface area contributed by atoms with E-state index in [1.807, 2.05) is 6.07 Å². The SMILES string of the molecule is CNCC1CCCN1S(=O)(=O)c1cccc(Cl)c1C#N. The molecule has 1 N–H and O–H groups in total. The minimum absolute atomic E-state index is 0.00416. The summed E-state index contributed by atoms with van der Waals surface area (Å²) in [6.45, 7) is 1.08. The molecule has 108 valence electrons. The molecule has 5 nitrogen and oxygen atoms in total. The van der Waals surface area contributed by atoms with Crippen molar-refractivity contribution in [2.24, 2.45) is 0 Å². The summed E-state index contributed by atoms with van der Waals surface area (Å²) in [5, 5.41) is 12.3. The van der Waals surface area contributed by atoms with Gasteiger partial charge in [-0.3, -0.25) is 0 Å². The largest absolute Gasteiger partial charge is 0.318 e. The van der Waals surface area contributed by atoms with Crippen LogP contribution in [0.1, 0.15) is 18.4 Å². The van der Waals surface area contributed by atoms with E-state index >= 15 is 0 Å². The van der Waals surface area contributed by atoms with Gasteiger partial charge in [0.25, 0.3) is 0 Å². The minimum atomic E-state index is -3.69. The molecule has 0 aromatic heterocycles. The molecule has 0 spiro atoms. The second kappa shape index (κ2) is 6.10. The summed E-state index contributed by atoms with van der Waals surface area (Å²) in [5.74, 6) is 0. The average Bonchev–Trinajstić information content (AvgIpc) is 2.88. The highest BCUT2D eigenvalue weighted by Gasteiger charge is 2.36. The van der Waals surface area contributed by atoms with Gasteiger partial charge in [-0.05, 0) is 32.0 Å². The van der Waals surface area contributed by atoms with Crippen molar-refractivity contribution < 1.29 is 8.42 Å². The van der Waals surface area contributed by atoms with Crippen molar-refractivity contribution in [2.45, 2.75) is 23.8 Å². The Labute approximate surface area is 124 Å². The van der Waals surface area contributed by atoms with Crippen LogP contribution in [0.2, 0.25) is 5.02 Å². The number of benzene rings is 1. The monoisotopic (exact) mass is 313 g/mol. The number of sulfonamides is 1. The summed E-state index contributed by atoms with van der Waals surface area (Å²) in [6, 6.07) is 6.33. The van der Waals surface area contributed by atoms with Crippen LogP contribution in [0.15, 0.2) is 23.1 Å². The summed E-state index contributed by atoms with van der Waals surface area (Å²) in [5.41, 5.74) is 0.0178. The highest BCUT2D eigenvalue weighted by atomic mass is 35.5. The molecule has 2 rings (SSSR count). The zero-order valence-electron chi connectivity index (χ0n) is 11.1. The van der Waals surface area contributed by atoms with Crippen molar-refractivity contribution in [2.75, 3.05) is 20.1 Å².